The lowest BCUT2D eigenvalue weighted by molar-refractivity contribution is -0.119. The summed E-state index contributed by atoms with van der Waals surface area (Å²) in [5.74, 6) is -0.285. The first kappa shape index (κ1) is 28.1. The smallest absolute Gasteiger partial charge is 0.250 e. The molecule has 206 valence electrons. The number of rotatable bonds is 7. The molecule has 2 N–H and O–H groups in total. The molecule has 0 saturated carbocycles. The quantitative estimate of drug-likeness (QED) is 0.228. The maximum absolute atomic E-state index is 12.1. The molecular formula is C30H29Cl2N5O2S. The first-order valence-corrected chi connectivity index (χ1v) is 13.9. The summed E-state index contributed by atoms with van der Waals surface area (Å²) in [6, 6.07) is 18.8. The second-order valence-electron chi connectivity index (χ2n) is 9.67. The lowest BCUT2D eigenvalue weighted by atomic mass is 9.93. The third-order valence-electron chi connectivity index (χ3n) is 7.25. The SMILES string of the molecule is COCC(=O)Nc1ccc(N2C(=S)N[C@@H](c3ccccn3)[C@@H]2c2c(C)c(C)n(-c3cccc(Cl)c3)c2C)cc1Cl. The lowest BCUT2D eigenvalue weighted by Gasteiger charge is -2.29. The number of carbonyl (C=O) groups excluding carboxylic acids is 1. The average molecular weight is 595 g/mol. The van der Waals surface area contributed by atoms with Crippen molar-refractivity contribution in [3.05, 3.63) is 105 Å². The Balaban J connectivity index is 1.65. The van der Waals surface area contributed by atoms with E-state index in [1.807, 2.05) is 48.5 Å². The van der Waals surface area contributed by atoms with Crippen molar-refractivity contribution in [1.29, 1.82) is 0 Å². The molecule has 2 aromatic heterocycles. The maximum atomic E-state index is 12.1. The summed E-state index contributed by atoms with van der Waals surface area (Å²) in [5.41, 5.74) is 7.63. The fourth-order valence-electron chi connectivity index (χ4n) is 5.44. The standard InChI is InChI=1S/C30H29Cl2N5O2S/c1-17-18(2)36(21-9-7-8-20(31)14-21)19(3)27(17)29-28(25-10-5-6-13-33-25)35-30(40)37(29)22-11-12-24(23(32)15-22)34-26(38)16-39-4/h5-15,28-29H,16H2,1-4H3,(H,34,38)(H,35,40)/t28-,29-/m0/s1. The third kappa shape index (κ3) is 5.20. The maximum Gasteiger partial charge on any atom is 0.250 e. The molecule has 0 radical (unpaired) electrons. The van der Waals surface area contributed by atoms with E-state index in [1.54, 1.807) is 12.3 Å². The third-order valence-corrected chi connectivity index (χ3v) is 8.11. The molecule has 3 heterocycles. The molecule has 1 aliphatic heterocycles. The molecule has 0 aliphatic carbocycles. The topological polar surface area (TPSA) is 71.4 Å². The Bertz CT molecular complexity index is 1590. The van der Waals surface area contributed by atoms with E-state index in [9.17, 15) is 4.79 Å². The number of benzene rings is 2. The van der Waals surface area contributed by atoms with Crippen molar-refractivity contribution < 1.29 is 9.53 Å². The molecular weight excluding hydrogens is 565 g/mol. The largest absolute Gasteiger partial charge is 0.375 e. The molecule has 10 heteroatoms. The van der Waals surface area contributed by atoms with Crippen LogP contribution in [0.25, 0.3) is 5.69 Å². The number of hydrogen-bond acceptors (Lipinski definition) is 4. The minimum atomic E-state index is -0.285. The van der Waals surface area contributed by atoms with Gasteiger partial charge in [-0.25, -0.2) is 0 Å². The number of aromatic nitrogens is 2. The zero-order chi connectivity index (χ0) is 28.6. The number of hydrogen-bond donors (Lipinski definition) is 2. The van der Waals surface area contributed by atoms with Crippen LogP contribution in [-0.2, 0) is 9.53 Å². The van der Waals surface area contributed by atoms with Crippen molar-refractivity contribution in [2.75, 3.05) is 23.9 Å². The van der Waals surface area contributed by atoms with E-state index < -0.39 is 0 Å². The number of nitrogens with zero attached hydrogens (tertiary/aromatic N) is 3. The van der Waals surface area contributed by atoms with Gasteiger partial charge in [0, 0.05) is 46.7 Å². The van der Waals surface area contributed by atoms with Gasteiger partial charge in [0.25, 0.3) is 0 Å². The van der Waals surface area contributed by atoms with Gasteiger partial charge in [0.1, 0.15) is 6.61 Å². The Labute approximate surface area is 249 Å². The van der Waals surface area contributed by atoms with Crippen molar-refractivity contribution in [3.8, 4) is 5.69 Å². The van der Waals surface area contributed by atoms with Crippen molar-refractivity contribution >= 4 is 57.8 Å². The van der Waals surface area contributed by atoms with E-state index in [0.29, 0.717) is 20.8 Å². The molecule has 4 aromatic rings. The van der Waals surface area contributed by atoms with Gasteiger partial charge in [-0.2, -0.15) is 0 Å². The zero-order valence-electron chi connectivity index (χ0n) is 22.5. The van der Waals surface area contributed by atoms with Crippen LogP contribution in [0, 0.1) is 20.8 Å². The highest BCUT2D eigenvalue weighted by molar-refractivity contribution is 7.80. The van der Waals surface area contributed by atoms with Gasteiger partial charge in [0.15, 0.2) is 5.11 Å². The molecule has 0 spiro atoms. The van der Waals surface area contributed by atoms with Crippen molar-refractivity contribution in [2.45, 2.75) is 32.9 Å². The molecule has 1 aliphatic rings. The predicted octanol–water partition coefficient (Wildman–Crippen LogP) is 6.87. The number of amides is 1. The molecule has 1 saturated heterocycles. The Hall–Kier alpha value is -3.43. The highest BCUT2D eigenvalue weighted by Gasteiger charge is 2.43. The Morgan fingerprint density at radius 3 is 2.52 bits per heavy atom. The molecule has 5 rings (SSSR count). The van der Waals surface area contributed by atoms with E-state index in [0.717, 1.165) is 39.6 Å². The van der Waals surface area contributed by atoms with Crippen LogP contribution in [0.15, 0.2) is 66.9 Å². The van der Waals surface area contributed by atoms with Gasteiger partial charge in [-0.15, -0.1) is 0 Å². The number of carbonyl (C=O) groups is 1. The predicted molar refractivity (Wildman–Crippen MR) is 165 cm³/mol. The van der Waals surface area contributed by atoms with Crippen LogP contribution in [0.1, 0.15) is 40.3 Å². The molecule has 40 heavy (non-hydrogen) atoms. The van der Waals surface area contributed by atoms with Gasteiger partial charge >= 0.3 is 0 Å². The highest BCUT2D eigenvalue weighted by Crippen LogP contribution is 2.46. The minimum absolute atomic E-state index is 0.0619. The number of pyridine rings is 1. The van der Waals surface area contributed by atoms with Crippen LogP contribution >= 0.6 is 35.4 Å². The molecule has 0 bridgehead atoms. The number of thiocarbonyl (C=S) groups is 1. The second kappa shape index (κ2) is 11.6. The van der Waals surface area contributed by atoms with Gasteiger partial charge in [-0.1, -0.05) is 35.3 Å². The van der Waals surface area contributed by atoms with Crippen LogP contribution in [0.3, 0.4) is 0 Å². The van der Waals surface area contributed by atoms with E-state index in [1.165, 1.54) is 7.11 Å². The van der Waals surface area contributed by atoms with E-state index in [-0.39, 0.29) is 24.6 Å². The van der Waals surface area contributed by atoms with Crippen molar-refractivity contribution in [1.82, 2.24) is 14.9 Å². The van der Waals surface area contributed by atoms with Gasteiger partial charge in [0.05, 0.1) is 28.5 Å². The van der Waals surface area contributed by atoms with Crippen LogP contribution < -0.4 is 15.5 Å². The Morgan fingerprint density at radius 1 is 1.05 bits per heavy atom. The number of anilines is 2. The average Bonchev–Trinajstić information content (AvgIpc) is 3.37. The van der Waals surface area contributed by atoms with Crippen molar-refractivity contribution in [3.63, 3.8) is 0 Å². The highest BCUT2D eigenvalue weighted by atomic mass is 35.5. The van der Waals surface area contributed by atoms with Gasteiger partial charge in [0.2, 0.25) is 5.91 Å². The summed E-state index contributed by atoms with van der Waals surface area (Å²) in [6.45, 7) is 6.30. The van der Waals surface area contributed by atoms with Crippen molar-refractivity contribution in [2.24, 2.45) is 0 Å². The summed E-state index contributed by atoms with van der Waals surface area (Å²) in [7, 11) is 1.47. The first-order valence-electron chi connectivity index (χ1n) is 12.7. The van der Waals surface area contributed by atoms with E-state index >= 15 is 0 Å². The molecule has 7 nitrogen and oxygen atoms in total. The molecule has 1 fully saturated rings. The summed E-state index contributed by atoms with van der Waals surface area (Å²) in [4.78, 5) is 18.9. The van der Waals surface area contributed by atoms with Crippen LogP contribution in [0.4, 0.5) is 11.4 Å². The molecule has 2 atom stereocenters. The van der Waals surface area contributed by atoms with Crippen LogP contribution in [0.5, 0.6) is 0 Å². The Kier molecular flexibility index (Phi) is 8.14. The monoisotopic (exact) mass is 593 g/mol. The van der Waals surface area contributed by atoms with Crippen LogP contribution in [-0.4, -0.2) is 34.3 Å². The second-order valence-corrected chi connectivity index (χ2v) is 10.9. The summed E-state index contributed by atoms with van der Waals surface area (Å²) >= 11 is 19.0. The fraction of sp³-hybridized carbons (Fsp3) is 0.233. The van der Waals surface area contributed by atoms with E-state index in [2.05, 4.69) is 51.9 Å². The molecule has 0 unspecified atom stereocenters. The number of halogens is 2. The first-order chi connectivity index (χ1) is 19.2. The molecule has 1 amide bonds. The number of methoxy groups -OCH3 is 1. The summed E-state index contributed by atoms with van der Waals surface area (Å²) in [6.07, 6.45) is 1.79. The van der Waals surface area contributed by atoms with Gasteiger partial charge in [-0.3, -0.25) is 9.78 Å². The van der Waals surface area contributed by atoms with Gasteiger partial charge in [-0.05, 0) is 87.1 Å². The summed E-state index contributed by atoms with van der Waals surface area (Å²) in [5, 5.41) is 7.92. The Morgan fingerprint density at radius 2 is 1.85 bits per heavy atom. The zero-order valence-corrected chi connectivity index (χ0v) is 24.9. The number of nitrogens with one attached hydrogen (secondary N) is 2. The van der Waals surface area contributed by atoms with Crippen LogP contribution in [0.2, 0.25) is 10.0 Å². The van der Waals surface area contributed by atoms with Gasteiger partial charge < -0.3 is 24.8 Å². The normalized spacial score (nSPS) is 16.8. The minimum Gasteiger partial charge on any atom is -0.375 e. The summed E-state index contributed by atoms with van der Waals surface area (Å²) < 4.78 is 7.15. The fourth-order valence-corrected chi connectivity index (χ4v) is 6.20. The lowest BCUT2D eigenvalue weighted by Crippen LogP contribution is -2.30. The number of ether oxygens (including phenoxy) is 1. The van der Waals surface area contributed by atoms with E-state index in [4.69, 9.17) is 40.2 Å². The molecule has 2 aromatic carbocycles.